The second-order valence-electron chi connectivity index (χ2n) is 5.84. The van der Waals surface area contributed by atoms with Crippen LogP contribution in [0.1, 0.15) is 16.7 Å². The molecule has 0 amide bonds. The van der Waals surface area contributed by atoms with E-state index in [2.05, 4.69) is 50.9 Å². The molecule has 0 aliphatic carbocycles. The van der Waals surface area contributed by atoms with E-state index in [0.717, 1.165) is 17.0 Å². The van der Waals surface area contributed by atoms with Crippen LogP contribution < -0.4 is 15.4 Å². The fourth-order valence-electron chi connectivity index (χ4n) is 2.50. The smallest absolute Gasteiger partial charge is 0.249 e. The van der Waals surface area contributed by atoms with Crippen molar-refractivity contribution in [3.63, 3.8) is 0 Å². The third kappa shape index (κ3) is 4.44. The summed E-state index contributed by atoms with van der Waals surface area (Å²) in [6.45, 7) is 4.77. The highest BCUT2D eigenvalue weighted by atomic mass is 16.5. The van der Waals surface area contributed by atoms with Crippen molar-refractivity contribution < 1.29 is 4.74 Å². The van der Waals surface area contributed by atoms with Crippen LogP contribution in [0, 0.1) is 13.8 Å². The molecule has 0 saturated carbocycles. The highest BCUT2D eigenvalue weighted by Crippen LogP contribution is 2.27. The van der Waals surface area contributed by atoms with Crippen LogP contribution in [0.2, 0.25) is 0 Å². The number of benzene rings is 2. The van der Waals surface area contributed by atoms with Crippen molar-refractivity contribution in [3.05, 3.63) is 65.4 Å². The summed E-state index contributed by atoms with van der Waals surface area (Å²) in [5, 5.41) is 14.5. The number of aryl methyl sites for hydroxylation is 2. The molecule has 0 unspecified atom stereocenters. The minimum atomic E-state index is 0.415. The Kier molecular flexibility index (Phi) is 5.09. The van der Waals surface area contributed by atoms with Gasteiger partial charge in [-0.1, -0.05) is 35.9 Å². The fraction of sp³-hybridized carbons (Fsp3) is 0.211. The molecule has 6 nitrogen and oxygen atoms in total. The van der Waals surface area contributed by atoms with Crippen LogP contribution in [0.3, 0.4) is 0 Å². The monoisotopic (exact) mass is 335 g/mol. The van der Waals surface area contributed by atoms with Gasteiger partial charge >= 0.3 is 0 Å². The van der Waals surface area contributed by atoms with Crippen molar-refractivity contribution in [2.75, 3.05) is 17.7 Å². The van der Waals surface area contributed by atoms with Crippen LogP contribution >= 0.6 is 0 Å². The number of nitrogens with one attached hydrogen (secondary N) is 2. The number of methoxy groups -OCH3 is 1. The molecule has 6 heteroatoms. The van der Waals surface area contributed by atoms with E-state index in [-0.39, 0.29) is 0 Å². The Morgan fingerprint density at radius 2 is 1.88 bits per heavy atom. The lowest BCUT2D eigenvalue weighted by atomic mass is 10.1. The summed E-state index contributed by atoms with van der Waals surface area (Å²) < 4.78 is 5.37. The van der Waals surface area contributed by atoms with Gasteiger partial charge in [0, 0.05) is 6.54 Å². The maximum atomic E-state index is 5.37. The van der Waals surface area contributed by atoms with E-state index in [1.54, 1.807) is 13.3 Å². The molecule has 2 aromatic carbocycles. The Morgan fingerprint density at radius 3 is 2.68 bits per heavy atom. The second kappa shape index (κ2) is 7.61. The lowest BCUT2D eigenvalue weighted by Crippen LogP contribution is -2.06. The molecule has 0 radical (unpaired) electrons. The van der Waals surface area contributed by atoms with Gasteiger partial charge in [0.15, 0.2) is 5.82 Å². The van der Waals surface area contributed by atoms with E-state index in [0.29, 0.717) is 18.3 Å². The number of hydrogen-bond acceptors (Lipinski definition) is 6. The topological polar surface area (TPSA) is 72.0 Å². The van der Waals surface area contributed by atoms with Gasteiger partial charge in [-0.05, 0) is 37.1 Å². The summed E-state index contributed by atoms with van der Waals surface area (Å²) in [6, 6.07) is 14.2. The molecule has 25 heavy (non-hydrogen) atoms. The van der Waals surface area contributed by atoms with Gasteiger partial charge in [0.2, 0.25) is 5.95 Å². The first kappa shape index (κ1) is 16.7. The molecule has 3 aromatic rings. The van der Waals surface area contributed by atoms with E-state index in [1.807, 2.05) is 31.2 Å². The number of anilines is 3. The van der Waals surface area contributed by atoms with Crippen LogP contribution in [0.5, 0.6) is 5.75 Å². The summed E-state index contributed by atoms with van der Waals surface area (Å²) in [7, 11) is 1.63. The number of aromatic nitrogens is 3. The Hall–Kier alpha value is -3.15. The summed E-state index contributed by atoms with van der Waals surface area (Å²) in [4.78, 5) is 4.46. The fourth-order valence-corrected chi connectivity index (χ4v) is 2.50. The predicted molar refractivity (Wildman–Crippen MR) is 99.3 cm³/mol. The van der Waals surface area contributed by atoms with E-state index in [4.69, 9.17) is 4.74 Å². The Labute approximate surface area is 147 Å². The SMILES string of the molecule is COc1ccc(C)cc1Nc1nncc(NCc2cccc(C)c2)n1. The normalized spacial score (nSPS) is 10.4. The molecule has 3 rings (SSSR count). The molecule has 2 N–H and O–H groups in total. The molecule has 0 bridgehead atoms. The molecule has 0 saturated heterocycles. The third-order valence-electron chi connectivity index (χ3n) is 3.72. The van der Waals surface area contributed by atoms with Gasteiger partial charge in [0.1, 0.15) is 5.75 Å². The zero-order chi connectivity index (χ0) is 17.6. The largest absolute Gasteiger partial charge is 0.495 e. The Bertz CT molecular complexity index is 866. The minimum Gasteiger partial charge on any atom is -0.495 e. The molecular formula is C19H21N5O. The van der Waals surface area contributed by atoms with Gasteiger partial charge in [-0.3, -0.25) is 0 Å². The van der Waals surface area contributed by atoms with Crippen molar-refractivity contribution in [2.24, 2.45) is 0 Å². The van der Waals surface area contributed by atoms with E-state index in [1.165, 1.54) is 11.1 Å². The highest BCUT2D eigenvalue weighted by Gasteiger charge is 2.07. The lowest BCUT2D eigenvalue weighted by molar-refractivity contribution is 0.416. The van der Waals surface area contributed by atoms with Crippen LogP contribution in [0.25, 0.3) is 0 Å². The zero-order valence-corrected chi connectivity index (χ0v) is 14.6. The average Bonchev–Trinajstić information content (AvgIpc) is 2.61. The van der Waals surface area contributed by atoms with Crippen LogP contribution in [0.4, 0.5) is 17.5 Å². The Morgan fingerprint density at radius 1 is 1.04 bits per heavy atom. The molecule has 128 valence electrons. The van der Waals surface area contributed by atoms with Gasteiger partial charge in [0.25, 0.3) is 0 Å². The predicted octanol–water partition coefficient (Wildman–Crippen LogP) is 3.85. The molecule has 0 spiro atoms. The zero-order valence-electron chi connectivity index (χ0n) is 14.6. The number of nitrogens with zero attached hydrogens (tertiary/aromatic N) is 3. The molecule has 0 fully saturated rings. The molecule has 1 aromatic heterocycles. The quantitative estimate of drug-likeness (QED) is 0.713. The number of ether oxygens (including phenoxy) is 1. The van der Waals surface area contributed by atoms with Crippen molar-refractivity contribution in [2.45, 2.75) is 20.4 Å². The summed E-state index contributed by atoms with van der Waals surface area (Å²) in [6.07, 6.45) is 1.61. The van der Waals surface area contributed by atoms with Gasteiger partial charge in [0.05, 0.1) is 19.0 Å². The number of rotatable bonds is 6. The lowest BCUT2D eigenvalue weighted by Gasteiger charge is -2.11. The summed E-state index contributed by atoms with van der Waals surface area (Å²) in [5.41, 5.74) is 4.34. The average molecular weight is 335 g/mol. The van der Waals surface area contributed by atoms with E-state index < -0.39 is 0 Å². The first-order valence-electron chi connectivity index (χ1n) is 8.05. The standard InChI is InChI=1S/C19H21N5O/c1-13-5-4-6-15(9-13)11-20-18-12-21-24-19(23-18)22-16-10-14(2)7-8-17(16)25-3/h4-10,12H,11H2,1-3H3,(H2,20,22,23,24). The van der Waals surface area contributed by atoms with Crippen LogP contribution in [-0.2, 0) is 6.54 Å². The van der Waals surface area contributed by atoms with E-state index >= 15 is 0 Å². The second-order valence-corrected chi connectivity index (χ2v) is 5.84. The van der Waals surface area contributed by atoms with Crippen LogP contribution in [-0.4, -0.2) is 22.3 Å². The molecular weight excluding hydrogens is 314 g/mol. The molecule has 1 heterocycles. The first-order valence-corrected chi connectivity index (χ1v) is 8.05. The highest BCUT2D eigenvalue weighted by molar-refractivity contribution is 5.63. The molecule has 0 aliphatic rings. The van der Waals surface area contributed by atoms with Crippen molar-refractivity contribution in [1.29, 1.82) is 0 Å². The third-order valence-corrected chi connectivity index (χ3v) is 3.72. The summed E-state index contributed by atoms with van der Waals surface area (Å²) in [5.74, 6) is 1.80. The Balaban J connectivity index is 1.72. The van der Waals surface area contributed by atoms with Gasteiger partial charge in [-0.2, -0.15) is 10.1 Å². The van der Waals surface area contributed by atoms with Gasteiger partial charge in [-0.15, -0.1) is 5.10 Å². The van der Waals surface area contributed by atoms with Gasteiger partial charge in [-0.25, -0.2) is 0 Å². The minimum absolute atomic E-state index is 0.415. The van der Waals surface area contributed by atoms with Crippen molar-refractivity contribution >= 4 is 17.5 Å². The van der Waals surface area contributed by atoms with E-state index in [9.17, 15) is 0 Å². The first-order chi connectivity index (χ1) is 12.1. The molecule has 0 aliphatic heterocycles. The van der Waals surface area contributed by atoms with Crippen molar-refractivity contribution in [1.82, 2.24) is 15.2 Å². The van der Waals surface area contributed by atoms with Crippen LogP contribution in [0.15, 0.2) is 48.7 Å². The maximum absolute atomic E-state index is 5.37. The maximum Gasteiger partial charge on any atom is 0.249 e. The van der Waals surface area contributed by atoms with Gasteiger partial charge < -0.3 is 15.4 Å². The summed E-state index contributed by atoms with van der Waals surface area (Å²) >= 11 is 0. The van der Waals surface area contributed by atoms with Crippen molar-refractivity contribution in [3.8, 4) is 5.75 Å². The molecule has 0 atom stereocenters. The number of hydrogen-bond donors (Lipinski definition) is 2.